The third-order valence-electron chi connectivity index (χ3n) is 6.63. The highest BCUT2D eigenvalue weighted by atomic mass is 16.5. The summed E-state index contributed by atoms with van der Waals surface area (Å²) in [6.45, 7) is 1.57. The summed E-state index contributed by atoms with van der Waals surface area (Å²) in [5, 5.41) is 1.14. The number of pyridine rings is 1. The van der Waals surface area contributed by atoms with Gasteiger partial charge in [-0.05, 0) is 54.3 Å². The second kappa shape index (κ2) is 9.49. The Hall–Kier alpha value is -3.60. The van der Waals surface area contributed by atoms with Crippen LogP contribution in [0.2, 0.25) is 0 Å². The Morgan fingerprint density at radius 3 is 2.73 bits per heavy atom. The van der Waals surface area contributed by atoms with Crippen LogP contribution in [0.1, 0.15) is 41.3 Å². The van der Waals surface area contributed by atoms with Crippen LogP contribution in [-0.2, 0) is 17.6 Å². The maximum Gasteiger partial charge on any atom is 0.227 e. The number of hydrogen-bond donors (Lipinski definition) is 1. The summed E-state index contributed by atoms with van der Waals surface area (Å²) in [7, 11) is 1.69. The van der Waals surface area contributed by atoms with Crippen molar-refractivity contribution in [3.05, 3.63) is 95.4 Å². The third-order valence-corrected chi connectivity index (χ3v) is 6.63. The largest absolute Gasteiger partial charge is 0.497 e. The van der Waals surface area contributed by atoms with Crippen LogP contribution < -0.4 is 4.74 Å². The molecule has 1 aliphatic heterocycles. The number of carbonyl (C=O) groups is 1. The minimum absolute atomic E-state index is 0.206. The number of fused-ring (bicyclic) bond motifs is 1. The molecule has 3 heterocycles. The van der Waals surface area contributed by atoms with Crippen molar-refractivity contribution in [2.24, 2.45) is 0 Å². The van der Waals surface area contributed by atoms with Crippen molar-refractivity contribution in [3.63, 3.8) is 0 Å². The normalized spacial score (nSPS) is 14.5. The monoisotopic (exact) mass is 439 g/mol. The molecule has 5 rings (SSSR count). The molecule has 1 aliphatic rings. The first-order chi connectivity index (χ1) is 16.2. The Morgan fingerprint density at radius 1 is 1.06 bits per heavy atom. The molecule has 5 heteroatoms. The van der Waals surface area contributed by atoms with Crippen LogP contribution in [0, 0.1) is 0 Å². The van der Waals surface area contributed by atoms with E-state index in [1.165, 1.54) is 5.56 Å². The molecule has 4 aromatic rings. The van der Waals surface area contributed by atoms with E-state index < -0.39 is 0 Å². The van der Waals surface area contributed by atoms with E-state index >= 15 is 0 Å². The van der Waals surface area contributed by atoms with Gasteiger partial charge in [-0.3, -0.25) is 9.78 Å². The molecule has 1 saturated heterocycles. The van der Waals surface area contributed by atoms with E-state index in [-0.39, 0.29) is 5.91 Å². The molecule has 1 N–H and O–H groups in total. The maximum absolute atomic E-state index is 12.9. The number of aromatic nitrogens is 2. The molecule has 0 aliphatic carbocycles. The van der Waals surface area contributed by atoms with Crippen LogP contribution in [0.5, 0.6) is 5.75 Å². The first-order valence-electron chi connectivity index (χ1n) is 11.6. The van der Waals surface area contributed by atoms with Gasteiger partial charge in [0.15, 0.2) is 0 Å². The molecule has 0 saturated carbocycles. The van der Waals surface area contributed by atoms with E-state index in [1.807, 2.05) is 41.4 Å². The van der Waals surface area contributed by atoms with Crippen LogP contribution >= 0.6 is 0 Å². The van der Waals surface area contributed by atoms with Crippen molar-refractivity contribution in [2.45, 2.75) is 31.6 Å². The first kappa shape index (κ1) is 21.3. The molecule has 1 fully saturated rings. The lowest BCUT2D eigenvalue weighted by Crippen LogP contribution is -2.38. The van der Waals surface area contributed by atoms with Gasteiger partial charge in [-0.25, -0.2) is 0 Å². The van der Waals surface area contributed by atoms with Crippen LogP contribution in [0.25, 0.3) is 10.9 Å². The number of rotatable bonds is 6. The molecule has 0 spiro atoms. The van der Waals surface area contributed by atoms with E-state index in [4.69, 9.17) is 9.72 Å². The molecule has 0 radical (unpaired) electrons. The lowest BCUT2D eigenvalue weighted by molar-refractivity contribution is -0.131. The summed E-state index contributed by atoms with van der Waals surface area (Å²) in [5.41, 5.74) is 5.55. The first-order valence-corrected chi connectivity index (χ1v) is 11.6. The average Bonchev–Trinajstić information content (AvgIpc) is 3.27. The molecule has 0 unspecified atom stereocenters. The minimum atomic E-state index is 0.206. The van der Waals surface area contributed by atoms with Crippen LogP contribution in [0.4, 0.5) is 0 Å². The minimum Gasteiger partial charge on any atom is -0.497 e. The van der Waals surface area contributed by atoms with Crippen molar-refractivity contribution in [2.75, 3.05) is 20.2 Å². The Morgan fingerprint density at radius 2 is 1.88 bits per heavy atom. The number of piperidine rings is 1. The Labute approximate surface area is 194 Å². The predicted octanol–water partition coefficient (Wildman–Crippen LogP) is 5.11. The van der Waals surface area contributed by atoms with Gasteiger partial charge in [-0.1, -0.05) is 36.4 Å². The van der Waals surface area contributed by atoms with Crippen molar-refractivity contribution in [1.29, 1.82) is 0 Å². The molecule has 2 aromatic heterocycles. The van der Waals surface area contributed by atoms with Gasteiger partial charge < -0.3 is 14.6 Å². The summed E-state index contributed by atoms with van der Waals surface area (Å²) in [6.07, 6.45) is 5.10. The molecule has 33 heavy (non-hydrogen) atoms. The predicted molar refractivity (Wildman–Crippen MR) is 131 cm³/mol. The fraction of sp³-hybridized carbons (Fsp3) is 0.286. The number of hydrogen-bond acceptors (Lipinski definition) is 3. The molecule has 2 aromatic carbocycles. The summed E-state index contributed by atoms with van der Waals surface area (Å²) in [5.74, 6) is 1.47. The number of nitrogens with one attached hydrogen (secondary N) is 1. The Balaban J connectivity index is 1.20. The number of aromatic amines is 1. The fourth-order valence-corrected chi connectivity index (χ4v) is 4.79. The van der Waals surface area contributed by atoms with Crippen LogP contribution in [-0.4, -0.2) is 41.0 Å². The molecule has 0 atom stereocenters. The number of nitrogens with zero attached hydrogens (tertiary/aromatic N) is 2. The zero-order chi connectivity index (χ0) is 22.6. The van der Waals surface area contributed by atoms with E-state index in [0.717, 1.165) is 66.0 Å². The number of likely N-dealkylation sites (tertiary alicyclic amines) is 1. The van der Waals surface area contributed by atoms with Gasteiger partial charge in [0.2, 0.25) is 5.91 Å². The smallest absolute Gasteiger partial charge is 0.227 e. The molecular weight excluding hydrogens is 410 g/mol. The van der Waals surface area contributed by atoms with Crippen molar-refractivity contribution in [1.82, 2.24) is 14.9 Å². The second-order valence-electron chi connectivity index (χ2n) is 8.77. The summed E-state index contributed by atoms with van der Waals surface area (Å²) in [4.78, 5) is 23.2. The fourth-order valence-electron chi connectivity index (χ4n) is 4.79. The SMILES string of the molecule is COc1cccc(Cc2cccc(C3CCN(C(=O)Cc4c[nH]c5ccccc45)CC3)n2)c1. The highest BCUT2D eigenvalue weighted by Crippen LogP contribution is 2.28. The number of methoxy groups -OCH3 is 1. The molecule has 0 bridgehead atoms. The lowest BCUT2D eigenvalue weighted by Gasteiger charge is -2.32. The van der Waals surface area contributed by atoms with Crippen molar-refractivity contribution < 1.29 is 9.53 Å². The van der Waals surface area contributed by atoms with E-state index in [0.29, 0.717) is 12.3 Å². The zero-order valence-electron chi connectivity index (χ0n) is 19.0. The summed E-state index contributed by atoms with van der Waals surface area (Å²) in [6, 6.07) is 22.6. The Bertz CT molecular complexity index is 1250. The number of benzene rings is 2. The summed E-state index contributed by atoms with van der Waals surface area (Å²) < 4.78 is 5.34. The zero-order valence-corrected chi connectivity index (χ0v) is 19.0. The van der Waals surface area contributed by atoms with E-state index in [2.05, 4.69) is 41.4 Å². The topological polar surface area (TPSA) is 58.2 Å². The number of carbonyl (C=O) groups excluding carboxylic acids is 1. The number of H-pyrrole nitrogens is 1. The number of amides is 1. The molecule has 168 valence electrons. The van der Waals surface area contributed by atoms with Gasteiger partial charge in [-0.2, -0.15) is 0 Å². The van der Waals surface area contributed by atoms with E-state index in [1.54, 1.807) is 7.11 Å². The average molecular weight is 440 g/mol. The van der Waals surface area contributed by atoms with Crippen LogP contribution in [0.15, 0.2) is 72.9 Å². The molecular formula is C28H29N3O2. The van der Waals surface area contributed by atoms with E-state index in [9.17, 15) is 4.79 Å². The van der Waals surface area contributed by atoms with Gasteiger partial charge in [0.05, 0.1) is 13.5 Å². The molecule has 1 amide bonds. The van der Waals surface area contributed by atoms with Gasteiger partial charge in [0.1, 0.15) is 5.75 Å². The highest BCUT2D eigenvalue weighted by molar-refractivity contribution is 5.88. The quantitative estimate of drug-likeness (QED) is 0.454. The highest BCUT2D eigenvalue weighted by Gasteiger charge is 2.25. The van der Waals surface area contributed by atoms with Gasteiger partial charge >= 0.3 is 0 Å². The van der Waals surface area contributed by atoms with Gasteiger partial charge in [0.25, 0.3) is 0 Å². The maximum atomic E-state index is 12.9. The van der Waals surface area contributed by atoms with Gasteiger partial charge in [-0.15, -0.1) is 0 Å². The van der Waals surface area contributed by atoms with Crippen molar-refractivity contribution >= 4 is 16.8 Å². The third kappa shape index (κ3) is 4.77. The Kier molecular flexibility index (Phi) is 6.11. The number of ether oxygens (including phenoxy) is 1. The summed E-state index contributed by atoms with van der Waals surface area (Å²) >= 11 is 0. The lowest BCUT2D eigenvalue weighted by atomic mass is 9.92. The van der Waals surface area contributed by atoms with Crippen LogP contribution in [0.3, 0.4) is 0 Å². The van der Waals surface area contributed by atoms with Gasteiger partial charge in [0, 0.05) is 53.9 Å². The molecule has 5 nitrogen and oxygen atoms in total. The second-order valence-corrected chi connectivity index (χ2v) is 8.77. The standard InChI is InChI=1S/C28H29N3O2/c1-33-24-8-4-6-20(17-24)16-23-7-5-11-26(30-23)21-12-14-31(15-13-21)28(32)18-22-19-29-27-10-3-2-9-25(22)27/h2-11,17,19,21,29H,12-16,18H2,1H3. The number of para-hydroxylation sites is 1. The van der Waals surface area contributed by atoms with Crippen molar-refractivity contribution in [3.8, 4) is 5.75 Å².